The molecule has 0 aliphatic heterocycles. The SMILES string of the molecule is C/C=C\c1ccc(NS(O)(O)c2ccc(OC)cc2)c(C)c1.[HH]. The van der Waals surface area contributed by atoms with Gasteiger partial charge in [0.1, 0.15) is 5.75 Å². The summed E-state index contributed by atoms with van der Waals surface area (Å²) in [6, 6.07) is 12.5. The van der Waals surface area contributed by atoms with Crippen molar-refractivity contribution in [3.05, 3.63) is 59.7 Å². The highest BCUT2D eigenvalue weighted by Gasteiger charge is 2.16. The molecule has 2 aromatic rings. The van der Waals surface area contributed by atoms with Crippen LogP contribution in [0.1, 0.15) is 19.5 Å². The maximum Gasteiger partial charge on any atom is 0.118 e. The van der Waals surface area contributed by atoms with E-state index < -0.39 is 10.8 Å². The second-order valence-electron chi connectivity index (χ2n) is 4.90. The minimum atomic E-state index is -3.11. The quantitative estimate of drug-likeness (QED) is 0.688. The summed E-state index contributed by atoms with van der Waals surface area (Å²) in [7, 11) is -1.54. The van der Waals surface area contributed by atoms with Crippen LogP contribution in [0.25, 0.3) is 6.08 Å². The molecule has 0 aliphatic rings. The van der Waals surface area contributed by atoms with Crippen LogP contribution in [0.3, 0.4) is 0 Å². The number of hydrogen-bond acceptors (Lipinski definition) is 4. The second-order valence-corrected chi connectivity index (χ2v) is 6.67. The summed E-state index contributed by atoms with van der Waals surface area (Å²) in [6.45, 7) is 3.89. The molecule has 0 saturated carbocycles. The van der Waals surface area contributed by atoms with E-state index in [9.17, 15) is 9.11 Å². The Morgan fingerprint density at radius 2 is 1.82 bits per heavy atom. The van der Waals surface area contributed by atoms with Gasteiger partial charge in [0.15, 0.2) is 0 Å². The molecule has 5 heteroatoms. The first-order valence-corrected chi connectivity index (χ1v) is 8.44. The molecular formula is C17H23NO3S. The molecule has 0 aromatic heterocycles. The molecule has 0 radical (unpaired) electrons. The number of benzene rings is 2. The first-order valence-electron chi connectivity index (χ1n) is 6.89. The second kappa shape index (κ2) is 6.87. The Labute approximate surface area is 134 Å². The zero-order chi connectivity index (χ0) is 16.2. The molecule has 0 fully saturated rings. The normalized spacial score (nSPS) is 12.4. The van der Waals surface area contributed by atoms with E-state index in [0.29, 0.717) is 16.3 Å². The topological polar surface area (TPSA) is 61.7 Å². The maximum absolute atomic E-state index is 10.4. The van der Waals surface area contributed by atoms with Crippen LogP contribution in [-0.4, -0.2) is 16.2 Å². The smallest absolute Gasteiger partial charge is 0.118 e. The molecule has 22 heavy (non-hydrogen) atoms. The van der Waals surface area contributed by atoms with Crippen molar-refractivity contribution in [1.82, 2.24) is 0 Å². The lowest BCUT2D eigenvalue weighted by atomic mass is 10.1. The average molecular weight is 321 g/mol. The highest BCUT2D eigenvalue weighted by molar-refractivity contribution is 8.25. The van der Waals surface area contributed by atoms with E-state index in [0.717, 1.165) is 11.1 Å². The van der Waals surface area contributed by atoms with Crippen molar-refractivity contribution < 1.29 is 15.3 Å². The Morgan fingerprint density at radius 1 is 1.14 bits per heavy atom. The first-order chi connectivity index (χ1) is 10.5. The molecule has 0 bridgehead atoms. The van der Waals surface area contributed by atoms with Gasteiger partial charge < -0.3 is 4.74 Å². The number of aryl methyl sites for hydroxylation is 1. The lowest BCUT2D eigenvalue weighted by Gasteiger charge is -2.34. The summed E-state index contributed by atoms with van der Waals surface area (Å²) in [6.07, 6.45) is 3.96. The summed E-state index contributed by atoms with van der Waals surface area (Å²) in [5, 5.41) is 0. The lowest BCUT2D eigenvalue weighted by Crippen LogP contribution is -2.10. The van der Waals surface area contributed by atoms with E-state index in [-0.39, 0.29) is 1.43 Å². The zero-order valence-corrected chi connectivity index (χ0v) is 13.7. The van der Waals surface area contributed by atoms with Gasteiger partial charge in [-0.3, -0.25) is 13.8 Å². The molecule has 0 heterocycles. The van der Waals surface area contributed by atoms with E-state index in [1.165, 1.54) is 0 Å². The van der Waals surface area contributed by atoms with Crippen molar-refractivity contribution in [3.63, 3.8) is 0 Å². The van der Waals surface area contributed by atoms with E-state index in [1.54, 1.807) is 31.4 Å². The summed E-state index contributed by atoms with van der Waals surface area (Å²) >= 11 is 0. The molecule has 0 amide bonds. The number of nitrogens with one attached hydrogen (secondary N) is 1. The molecule has 120 valence electrons. The van der Waals surface area contributed by atoms with E-state index >= 15 is 0 Å². The highest BCUT2D eigenvalue weighted by Crippen LogP contribution is 2.48. The average Bonchev–Trinajstić information content (AvgIpc) is 2.50. The number of hydrogen-bond donors (Lipinski definition) is 3. The third-order valence-electron chi connectivity index (χ3n) is 3.25. The first kappa shape index (κ1) is 16.4. The fourth-order valence-corrected chi connectivity index (χ4v) is 3.24. The number of rotatable bonds is 5. The van der Waals surface area contributed by atoms with Crippen molar-refractivity contribution in [2.45, 2.75) is 18.7 Å². The Bertz CT molecular complexity index is 672. The monoisotopic (exact) mass is 321 g/mol. The van der Waals surface area contributed by atoms with Crippen LogP contribution in [0.15, 0.2) is 53.4 Å². The zero-order valence-electron chi connectivity index (χ0n) is 12.9. The van der Waals surface area contributed by atoms with Gasteiger partial charge in [0.05, 0.1) is 17.7 Å². The standard InChI is InChI=1S/C17H21NO3S.H2/c1-4-5-14-6-11-17(13(2)12-14)18-22(19,20)16-9-7-15(21-3)8-10-16;/h4-12,18-20H,1-3H3;1H/b5-4-;. The van der Waals surface area contributed by atoms with Gasteiger partial charge in [0.2, 0.25) is 0 Å². The number of allylic oxidation sites excluding steroid dienone is 1. The lowest BCUT2D eigenvalue weighted by molar-refractivity contribution is 0.414. The third-order valence-corrected chi connectivity index (χ3v) is 4.68. The van der Waals surface area contributed by atoms with Crippen LogP contribution >= 0.6 is 10.8 Å². The molecule has 0 saturated heterocycles. The number of methoxy groups -OCH3 is 1. The van der Waals surface area contributed by atoms with Crippen LogP contribution in [0.2, 0.25) is 0 Å². The van der Waals surface area contributed by atoms with Crippen LogP contribution in [-0.2, 0) is 0 Å². The van der Waals surface area contributed by atoms with Crippen molar-refractivity contribution in [2.75, 3.05) is 11.8 Å². The summed E-state index contributed by atoms with van der Waals surface area (Å²) in [4.78, 5) is 0.422. The van der Waals surface area contributed by atoms with Gasteiger partial charge >= 0.3 is 0 Å². The molecular weight excluding hydrogens is 298 g/mol. The largest absolute Gasteiger partial charge is 0.497 e. The fourth-order valence-electron chi connectivity index (χ4n) is 2.08. The van der Waals surface area contributed by atoms with Crippen molar-refractivity contribution >= 4 is 22.5 Å². The Hall–Kier alpha value is -1.95. The van der Waals surface area contributed by atoms with E-state index in [2.05, 4.69) is 4.72 Å². The van der Waals surface area contributed by atoms with Gasteiger partial charge in [0.25, 0.3) is 0 Å². The van der Waals surface area contributed by atoms with Gasteiger partial charge in [-0.05, 0) is 61.4 Å². The van der Waals surface area contributed by atoms with Crippen molar-refractivity contribution in [2.24, 2.45) is 0 Å². The predicted molar refractivity (Wildman–Crippen MR) is 95.7 cm³/mol. The van der Waals surface area contributed by atoms with Crippen LogP contribution in [0, 0.1) is 6.92 Å². The molecule has 3 N–H and O–H groups in total. The number of anilines is 1. The number of ether oxygens (including phenoxy) is 1. The summed E-state index contributed by atoms with van der Waals surface area (Å²) < 4.78 is 28.7. The Balaban J connectivity index is 0.00000264. The minimum Gasteiger partial charge on any atom is -0.497 e. The van der Waals surface area contributed by atoms with Gasteiger partial charge in [-0.2, -0.15) is 0 Å². The van der Waals surface area contributed by atoms with Crippen LogP contribution in [0.5, 0.6) is 5.75 Å². The maximum atomic E-state index is 10.4. The van der Waals surface area contributed by atoms with Gasteiger partial charge in [-0.15, -0.1) is 0 Å². The van der Waals surface area contributed by atoms with Gasteiger partial charge in [-0.1, -0.05) is 29.0 Å². The van der Waals surface area contributed by atoms with E-state index in [4.69, 9.17) is 4.74 Å². The molecule has 2 rings (SSSR count). The van der Waals surface area contributed by atoms with Crippen LogP contribution in [0.4, 0.5) is 5.69 Å². The van der Waals surface area contributed by atoms with E-state index in [1.807, 2.05) is 44.2 Å². The molecule has 4 nitrogen and oxygen atoms in total. The molecule has 0 spiro atoms. The molecule has 0 unspecified atom stereocenters. The highest BCUT2D eigenvalue weighted by atomic mass is 32.3. The summed E-state index contributed by atoms with van der Waals surface area (Å²) in [5.41, 5.74) is 2.72. The molecule has 2 aromatic carbocycles. The van der Waals surface area contributed by atoms with Gasteiger partial charge in [-0.25, -0.2) is 0 Å². The van der Waals surface area contributed by atoms with Crippen LogP contribution < -0.4 is 9.46 Å². The van der Waals surface area contributed by atoms with Crippen molar-refractivity contribution in [3.8, 4) is 5.75 Å². The minimum absolute atomic E-state index is 0. The van der Waals surface area contributed by atoms with Crippen molar-refractivity contribution in [1.29, 1.82) is 0 Å². The Kier molecular flexibility index (Phi) is 5.13. The van der Waals surface area contributed by atoms with Gasteiger partial charge in [0, 0.05) is 1.43 Å². The fraction of sp³-hybridized carbons (Fsp3) is 0.176. The predicted octanol–water partition coefficient (Wildman–Crippen LogP) is 5.42. The molecule has 0 aliphatic carbocycles. The summed E-state index contributed by atoms with van der Waals surface area (Å²) in [5.74, 6) is 0.672. The molecule has 0 atom stereocenters. The Morgan fingerprint density at radius 3 is 2.36 bits per heavy atom. The third kappa shape index (κ3) is 3.82.